The highest BCUT2D eigenvalue weighted by atomic mass is 32.1. The van der Waals surface area contributed by atoms with Crippen molar-refractivity contribution in [1.82, 2.24) is 4.98 Å². The minimum atomic E-state index is 0.248. The van der Waals surface area contributed by atoms with Gasteiger partial charge in [0.15, 0.2) is 5.13 Å². The van der Waals surface area contributed by atoms with Gasteiger partial charge in [0.2, 0.25) is 0 Å². The molecule has 2 heterocycles. The maximum atomic E-state index is 5.92. The molecule has 1 aromatic heterocycles. The Balaban J connectivity index is 1.92. The van der Waals surface area contributed by atoms with Gasteiger partial charge in [0.25, 0.3) is 0 Å². The standard InChI is InChI=1S/C16H21N3OS/c1-12-11-19(8-5-9-20-12)16-18-15(14(10-17)21-16)13-6-3-2-4-7-13/h2-4,6-7,12H,5,8-11,17H2,1H3. The Bertz CT molecular complexity index is 584. The highest BCUT2D eigenvalue weighted by molar-refractivity contribution is 7.16. The van der Waals surface area contributed by atoms with Crippen LogP contribution < -0.4 is 10.6 Å². The van der Waals surface area contributed by atoms with E-state index in [1.54, 1.807) is 11.3 Å². The molecule has 0 spiro atoms. The third-order valence-corrected chi connectivity index (χ3v) is 4.78. The van der Waals surface area contributed by atoms with Crippen molar-refractivity contribution in [1.29, 1.82) is 0 Å². The smallest absolute Gasteiger partial charge is 0.186 e. The molecule has 1 fully saturated rings. The van der Waals surface area contributed by atoms with Crippen LogP contribution in [-0.2, 0) is 11.3 Å². The van der Waals surface area contributed by atoms with Crippen LogP contribution in [0.4, 0.5) is 5.13 Å². The van der Waals surface area contributed by atoms with Crippen molar-refractivity contribution in [2.45, 2.75) is 26.0 Å². The number of nitrogens with two attached hydrogens (primary N) is 1. The fourth-order valence-electron chi connectivity index (χ4n) is 2.60. The SMILES string of the molecule is CC1CN(c2nc(-c3ccccc3)c(CN)s2)CCCO1. The molecular weight excluding hydrogens is 282 g/mol. The van der Waals surface area contributed by atoms with Crippen LogP contribution >= 0.6 is 11.3 Å². The fourth-order valence-corrected chi connectivity index (χ4v) is 3.60. The van der Waals surface area contributed by atoms with Gasteiger partial charge in [-0.05, 0) is 13.3 Å². The average Bonchev–Trinajstić information content (AvgIpc) is 2.84. The number of nitrogens with zero attached hydrogens (tertiary/aromatic N) is 2. The molecule has 1 aliphatic heterocycles. The van der Waals surface area contributed by atoms with Crippen molar-refractivity contribution in [2.75, 3.05) is 24.6 Å². The van der Waals surface area contributed by atoms with Crippen molar-refractivity contribution in [3.05, 3.63) is 35.2 Å². The molecule has 1 unspecified atom stereocenters. The number of aromatic nitrogens is 1. The van der Waals surface area contributed by atoms with E-state index < -0.39 is 0 Å². The number of anilines is 1. The zero-order chi connectivity index (χ0) is 14.7. The largest absolute Gasteiger partial charge is 0.377 e. The number of thiazole rings is 1. The Hall–Kier alpha value is -1.43. The average molecular weight is 303 g/mol. The zero-order valence-corrected chi connectivity index (χ0v) is 13.1. The Kier molecular flexibility index (Phi) is 4.53. The van der Waals surface area contributed by atoms with Gasteiger partial charge in [-0.1, -0.05) is 41.7 Å². The first kappa shape index (κ1) is 14.5. The van der Waals surface area contributed by atoms with Crippen molar-refractivity contribution in [3.8, 4) is 11.3 Å². The predicted molar refractivity (Wildman–Crippen MR) is 87.7 cm³/mol. The normalized spacial score (nSPS) is 19.5. The molecule has 1 aromatic carbocycles. The summed E-state index contributed by atoms with van der Waals surface area (Å²) in [5, 5.41) is 1.06. The second kappa shape index (κ2) is 6.56. The second-order valence-corrected chi connectivity index (χ2v) is 6.38. The molecule has 0 aliphatic carbocycles. The van der Waals surface area contributed by atoms with E-state index in [1.807, 2.05) is 18.2 Å². The Morgan fingerprint density at radius 2 is 2.19 bits per heavy atom. The first-order chi connectivity index (χ1) is 10.3. The number of hydrogen-bond donors (Lipinski definition) is 1. The monoisotopic (exact) mass is 303 g/mol. The number of hydrogen-bond acceptors (Lipinski definition) is 5. The van der Waals surface area contributed by atoms with Crippen LogP contribution in [0.5, 0.6) is 0 Å². The van der Waals surface area contributed by atoms with Crippen LogP contribution in [0, 0.1) is 0 Å². The molecule has 0 amide bonds. The van der Waals surface area contributed by atoms with E-state index in [9.17, 15) is 0 Å². The summed E-state index contributed by atoms with van der Waals surface area (Å²) in [6, 6.07) is 10.3. The van der Waals surface area contributed by atoms with Gasteiger partial charge < -0.3 is 15.4 Å². The van der Waals surface area contributed by atoms with Crippen LogP contribution in [-0.4, -0.2) is 30.8 Å². The van der Waals surface area contributed by atoms with Gasteiger partial charge in [0.05, 0.1) is 11.8 Å². The molecule has 1 atom stereocenters. The summed E-state index contributed by atoms with van der Waals surface area (Å²) in [6.45, 7) is 5.37. The minimum Gasteiger partial charge on any atom is -0.377 e. The van der Waals surface area contributed by atoms with Crippen molar-refractivity contribution >= 4 is 16.5 Å². The molecule has 112 valence electrons. The zero-order valence-electron chi connectivity index (χ0n) is 12.3. The first-order valence-electron chi connectivity index (χ1n) is 7.39. The Morgan fingerprint density at radius 1 is 1.38 bits per heavy atom. The summed E-state index contributed by atoms with van der Waals surface area (Å²) in [6.07, 6.45) is 1.29. The fraction of sp³-hybridized carbons (Fsp3) is 0.438. The minimum absolute atomic E-state index is 0.248. The molecule has 4 nitrogen and oxygen atoms in total. The van der Waals surface area contributed by atoms with Crippen molar-refractivity contribution in [2.24, 2.45) is 5.73 Å². The Labute approximate surface area is 129 Å². The topological polar surface area (TPSA) is 51.4 Å². The molecule has 0 radical (unpaired) electrons. The molecule has 0 saturated carbocycles. The van der Waals surface area contributed by atoms with E-state index in [0.29, 0.717) is 6.54 Å². The highest BCUT2D eigenvalue weighted by Crippen LogP contribution is 2.33. The molecule has 0 bridgehead atoms. The first-order valence-corrected chi connectivity index (χ1v) is 8.21. The summed E-state index contributed by atoms with van der Waals surface area (Å²) >= 11 is 1.71. The third kappa shape index (κ3) is 3.26. The molecule has 1 aliphatic rings. The lowest BCUT2D eigenvalue weighted by Gasteiger charge is -2.20. The van der Waals surface area contributed by atoms with Crippen LogP contribution in [0.3, 0.4) is 0 Å². The maximum Gasteiger partial charge on any atom is 0.186 e. The van der Waals surface area contributed by atoms with Crippen LogP contribution in [0.15, 0.2) is 30.3 Å². The van der Waals surface area contributed by atoms with Gasteiger partial charge in [-0.3, -0.25) is 0 Å². The number of benzene rings is 1. The van der Waals surface area contributed by atoms with Crippen molar-refractivity contribution < 1.29 is 4.74 Å². The summed E-state index contributed by atoms with van der Waals surface area (Å²) < 4.78 is 5.71. The molecule has 21 heavy (non-hydrogen) atoms. The number of ether oxygens (including phenoxy) is 1. The lowest BCUT2D eigenvalue weighted by molar-refractivity contribution is 0.0821. The van der Waals surface area contributed by atoms with Gasteiger partial charge in [0, 0.05) is 36.7 Å². The van der Waals surface area contributed by atoms with E-state index >= 15 is 0 Å². The predicted octanol–water partition coefficient (Wildman–Crippen LogP) is 2.88. The van der Waals surface area contributed by atoms with E-state index in [4.69, 9.17) is 15.5 Å². The molecule has 3 rings (SSSR count). The second-order valence-electron chi connectivity index (χ2n) is 5.32. The summed E-state index contributed by atoms with van der Waals surface area (Å²) in [4.78, 5) is 8.33. The summed E-state index contributed by atoms with van der Waals surface area (Å²) in [7, 11) is 0. The van der Waals surface area contributed by atoms with Gasteiger partial charge in [-0.25, -0.2) is 4.98 Å². The van der Waals surface area contributed by atoms with E-state index in [1.165, 1.54) is 0 Å². The van der Waals surface area contributed by atoms with Crippen LogP contribution in [0.2, 0.25) is 0 Å². The lowest BCUT2D eigenvalue weighted by Crippen LogP contribution is -2.29. The molecule has 2 N–H and O–H groups in total. The van der Waals surface area contributed by atoms with Gasteiger partial charge in [-0.2, -0.15) is 0 Å². The molecule has 1 saturated heterocycles. The summed E-state index contributed by atoms with van der Waals surface area (Å²) in [5.41, 5.74) is 8.08. The molecule has 2 aromatic rings. The van der Waals surface area contributed by atoms with Gasteiger partial charge in [-0.15, -0.1) is 0 Å². The van der Waals surface area contributed by atoms with E-state index in [-0.39, 0.29) is 6.10 Å². The van der Waals surface area contributed by atoms with Crippen molar-refractivity contribution in [3.63, 3.8) is 0 Å². The Morgan fingerprint density at radius 3 is 2.95 bits per heavy atom. The summed E-state index contributed by atoms with van der Waals surface area (Å²) in [5.74, 6) is 0. The van der Waals surface area contributed by atoms with Crippen LogP contribution in [0.25, 0.3) is 11.3 Å². The maximum absolute atomic E-state index is 5.92. The van der Waals surface area contributed by atoms with E-state index in [2.05, 4.69) is 24.0 Å². The lowest BCUT2D eigenvalue weighted by atomic mass is 10.1. The van der Waals surface area contributed by atoms with Gasteiger partial charge >= 0.3 is 0 Å². The van der Waals surface area contributed by atoms with E-state index in [0.717, 1.165) is 47.4 Å². The number of rotatable bonds is 3. The quantitative estimate of drug-likeness (QED) is 0.947. The third-order valence-electron chi connectivity index (χ3n) is 3.64. The van der Waals surface area contributed by atoms with Crippen LogP contribution in [0.1, 0.15) is 18.2 Å². The van der Waals surface area contributed by atoms with Gasteiger partial charge in [0.1, 0.15) is 0 Å². The highest BCUT2D eigenvalue weighted by Gasteiger charge is 2.20. The molecule has 5 heteroatoms. The molecular formula is C16H21N3OS.